The first-order valence-electron chi connectivity index (χ1n) is 4.79. The van der Waals surface area contributed by atoms with Crippen molar-refractivity contribution in [3.8, 4) is 0 Å². The molecule has 1 saturated carbocycles. The Morgan fingerprint density at radius 2 is 2.31 bits per heavy atom. The number of carbonyl (C=O) groups is 1. The summed E-state index contributed by atoms with van der Waals surface area (Å²) < 4.78 is 10.1. The molecule has 0 aromatic heterocycles. The van der Waals surface area contributed by atoms with Gasteiger partial charge in [0.2, 0.25) is 0 Å². The standard InChI is InChI=1S/C9H15NO3/c1-2-13-8(11)9(5-12-6-9)10-7-3-4-7/h7,10H,2-6H2,1H3. The molecule has 0 amide bonds. The Labute approximate surface area is 77.6 Å². The van der Waals surface area contributed by atoms with E-state index in [1.54, 1.807) is 0 Å². The Balaban J connectivity index is 1.92. The van der Waals surface area contributed by atoms with Gasteiger partial charge in [-0.2, -0.15) is 0 Å². The van der Waals surface area contributed by atoms with Crippen molar-refractivity contribution in [1.82, 2.24) is 5.32 Å². The summed E-state index contributed by atoms with van der Waals surface area (Å²) in [5.74, 6) is -0.159. The number of ether oxygens (including phenoxy) is 2. The highest BCUT2D eigenvalue weighted by Crippen LogP contribution is 2.27. The third-order valence-electron chi connectivity index (χ3n) is 2.42. The lowest BCUT2D eigenvalue weighted by molar-refractivity contribution is -0.172. The molecule has 2 fully saturated rings. The summed E-state index contributed by atoms with van der Waals surface area (Å²) in [5, 5.41) is 3.29. The van der Waals surface area contributed by atoms with Gasteiger partial charge in [0.05, 0.1) is 19.8 Å². The zero-order chi connectivity index (χ0) is 9.31. The molecule has 0 unspecified atom stereocenters. The van der Waals surface area contributed by atoms with Crippen LogP contribution in [0.3, 0.4) is 0 Å². The van der Waals surface area contributed by atoms with Crippen LogP contribution in [-0.2, 0) is 14.3 Å². The lowest BCUT2D eigenvalue weighted by Gasteiger charge is -2.39. The van der Waals surface area contributed by atoms with E-state index >= 15 is 0 Å². The van der Waals surface area contributed by atoms with Crippen molar-refractivity contribution in [2.75, 3.05) is 19.8 Å². The lowest BCUT2D eigenvalue weighted by Crippen LogP contribution is -2.66. The molecule has 1 aliphatic heterocycles. The molecule has 13 heavy (non-hydrogen) atoms. The van der Waals surface area contributed by atoms with Gasteiger partial charge >= 0.3 is 5.97 Å². The van der Waals surface area contributed by atoms with Crippen LogP contribution in [-0.4, -0.2) is 37.4 Å². The Kier molecular flexibility index (Phi) is 2.26. The fourth-order valence-electron chi connectivity index (χ4n) is 1.45. The Morgan fingerprint density at radius 1 is 1.62 bits per heavy atom. The number of nitrogens with one attached hydrogen (secondary N) is 1. The Morgan fingerprint density at radius 3 is 2.69 bits per heavy atom. The molecule has 2 aliphatic rings. The summed E-state index contributed by atoms with van der Waals surface area (Å²) in [4.78, 5) is 11.5. The largest absolute Gasteiger partial charge is 0.464 e. The van der Waals surface area contributed by atoms with Gasteiger partial charge in [-0.25, -0.2) is 4.79 Å². The van der Waals surface area contributed by atoms with Crippen LogP contribution in [0.15, 0.2) is 0 Å². The number of carbonyl (C=O) groups excluding carboxylic acids is 1. The van der Waals surface area contributed by atoms with Crippen molar-refractivity contribution >= 4 is 5.97 Å². The van der Waals surface area contributed by atoms with E-state index in [9.17, 15) is 4.79 Å². The summed E-state index contributed by atoms with van der Waals surface area (Å²) in [5.41, 5.74) is -0.517. The average Bonchev–Trinajstić information content (AvgIpc) is 2.80. The maximum Gasteiger partial charge on any atom is 0.331 e. The molecule has 0 bridgehead atoms. The first kappa shape index (κ1) is 8.97. The quantitative estimate of drug-likeness (QED) is 0.630. The number of hydrogen-bond donors (Lipinski definition) is 1. The molecule has 2 rings (SSSR count). The second kappa shape index (κ2) is 3.27. The minimum atomic E-state index is -0.517. The van der Waals surface area contributed by atoms with Crippen molar-refractivity contribution in [3.63, 3.8) is 0 Å². The van der Waals surface area contributed by atoms with Crippen LogP contribution in [0.2, 0.25) is 0 Å². The number of esters is 1. The molecule has 1 N–H and O–H groups in total. The topological polar surface area (TPSA) is 47.6 Å². The summed E-state index contributed by atoms with van der Waals surface area (Å²) in [6.07, 6.45) is 2.34. The van der Waals surface area contributed by atoms with Crippen LogP contribution in [0.4, 0.5) is 0 Å². The van der Waals surface area contributed by atoms with E-state index in [-0.39, 0.29) is 5.97 Å². The van der Waals surface area contributed by atoms with E-state index in [0.717, 1.165) is 0 Å². The minimum Gasteiger partial charge on any atom is -0.464 e. The molecule has 4 heteroatoms. The van der Waals surface area contributed by atoms with Gasteiger partial charge < -0.3 is 9.47 Å². The third kappa shape index (κ3) is 1.69. The van der Waals surface area contributed by atoms with Crippen LogP contribution in [0.5, 0.6) is 0 Å². The van der Waals surface area contributed by atoms with Crippen molar-refractivity contribution < 1.29 is 14.3 Å². The van der Waals surface area contributed by atoms with E-state index in [0.29, 0.717) is 25.9 Å². The van der Waals surface area contributed by atoms with Gasteiger partial charge in [0.1, 0.15) is 0 Å². The van der Waals surface area contributed by atoms with Crippen molar-refractivity contribution in [2.24, 2.45) is 0 Å². The van der Waals surface area contributed by atoms with Gasteiger partial charge in [0.15, 0.2) is 5.54 Å². The predicted molar refractivity (Wildman–Crippen MR) is 46.3 cm³/mol. The van der Waals surface area contributed by atoms with E-state index in [1.807, 2.05) is 6.92 Å². The summed E-state index contributed by atoms with van der Waals surface area (Å²) in [7, 11) is 0. The number of hydrogen-bond acceptors (Lipinski definition) is 4. The van der Waals surface area contributed by atoms with Crippen molar-refractivity contribution in [2.45, 2.75) is 31.3 Å². The van der Waals surface area contributed by atoms with Gasteiger partial charge in [-0.3, -0.25) is 5.32 Å². The predicted octanol–water partition coefficient (Wildman–Crippen LogP) is 0.0705. The van der Waals surface area contributed by atoms with Crippen LogP contribution in [0.25, 0.3) is 0 Å². The first-order valence-corrected chi connectivity index (χ1v) is 4.79. The molecule has 1 saturated heterocycles. The normalized spacial score (nSPS) is 25.0. The molecule has 0 atom stereocenters. The van der Waals surface area contributed by atoms with Gasteiger partial charge in [0.25, 0.3) is 0 Å². The first-order chi connectivity index (χ1) is 6.27. The molecule has 0 aromatic carbocycles. The van der Waals surface area contributed by atoms with Gasteiger partial charge in [-0.15, -0.1) is 0 Å². The zero-order valence-electron chi connectivity index (χ0n) is 7.84. The van der Waals surface area contributed by atoms with Crippen molar-refractivity contribution in [3.05, 3.63) is 0 Å². The fraction of sp³-hybridized carbons (Fsp3) is 0.889. The van der Waals surface area contributed by atoms with Gasteiger partial charge in [-0.1, -0.05) is 0 Å². The Bertz CT molecular complexity index is 209. The fourth-order valence-corrected chi connectivity index (χ4v) is 1.45. The second-order valence-corrected chi connectivity index (χ2v) is 3.71. The average molecular weight is 185 g/mol. The molecular formula is C9H15NO3. The summed E-state index contributed by atoms with van der Waals surface area (Å²) >= 11 is 0. The van der Waals surface area contributed by atoms with E-state index in [2.05, 4.69) is 5.32 Å². The van der Waals surface area contributed by atoms with E-state index in [1.165, 1.54) is 12.8 Å². The second-order valence-electron chi connectivity index (χ2n) is 3.71. The molecular weight excluding hydrogens is 170 g/mol. The lowest BCUT2D eigenvalue weighted by atomic mass is 9.97. The highest BCUT2D eigenvalue weighted by Gasteiger charge is 2.49. The van der Waals surface area contributed by atoms with Crippen molar-refractivity contribution in [1.29, 1.82) is 0 Å². The van der Waals surface area contributed by atoms with Crippen LogP contribution >= 0.6 is 0 Å². The molecule has 0 radical (unpaired) electrons. The zero-order valence-corrected chi connectivity index (χ0v) is 7.84. The molecule has 0 aromatic rings. The maximum absolute atomic E-state index is 11.5. The molecule has 1 heterocycles. The Hall–Kier alpha value is -0.610. The smallest absolute Gasteiger partial charge is 0.331 e. The summed E-state index contributed by atoms with van der Waals surface area (Å²) in [6, 6.07) is 0.508. The van der Waals surface area contributed by atoms with Crippen LogP contribution < -0.4 is 5.32 Å². The van der Waals surface area contributed by atoms with Gasteiger partial charge in [0, 0.05) is 6.04 Å². The minimum absolute atomic E-state index is 0.159. The molecule has 74 valence electrons. The highest BCUT2D eigenvalue weighted by molar-refractivity contribution is 5.82. The highest BCUT2D eigenvalue weighted by atomic mass is 16.6. The molecule has 1 aliphatic carbocycles. The van der Waals surface area contributed by atoms with E-state index in [4.69, 9.17) is 9.47 Å². The maximum atomic E-state index is 11.5. The monoisotopic (exact) mass is 185 g/mol. The van der Waals surface area contributed by atoms with Gasteiger partial charge in [-0.05, 0) is 19.8 Å². The SMILES string of the molecule is CCOC(=O)C1(NC2CC2)COC1. The van der Waals surface area contributed by atoms with Crippen LogP contribution in [0, 0.1) is 0 Å². The molecule has 0 spiro atoms. The van der Waals surface area contributed by atoms with E-state index < -0.39 is 5.54 Å². The third-order valence-corrected chi connectivity index (χ3v) is 2.42. The summed E-state index contributed by atoms with van der Waals surface area (Å²) in [6.45, 7) is 3.18. The molecule has 4 nitrogen and oxygen atoms in total. The van der Waals surface area contributed by atoms with Crippen LogP contribution in [0.1, 0.15) is 19.8 Å². The number of rotatable bonds is 4.